The summed E-state index contributed by atoms with van der Waals surface area (Å²) in [5.41, 5.74) is 0.426. The molecule has 2 unspecified atom stereocenters. The van der Waals surface area contributed by atoms with Gasteiger partial charge in [-0.3, -0.25) is 19.2 Å². The van der Waals surface area contributed by atoms with E-state index < -0.39 is 87.4 Å². The Balaban J connectivity index is 2.13. The van der Waals surface area contributed by atoms with E-state index in [2.05, 4.69) is 6.58 Å². The summed E-state index contributed by atoms with van der Waals surface area (Å²) in [6.45, 7) is 12.2. The van der Waals surface area contributed by atoms with Gasteiger partial charge in [-0.25, -0.2) is 0 Å². The van der Waals surface area contributed by atoms with Gasteiger partial charge in [0.15, 0.2) is 23.0 Å². The van der Waals surface area contributed by atoms with Gasteiger partial charge in [-0.05, 0) is 46.8 Å². The molecule has 1 aromatic rings. The van der Waals surface area contributed by atoms with E-state index in [1.54, 1.807) is 39.8 Å². The first kappa shape index (κ1) is 28.1. The SMILES string of the molecule is C=CC(=O)C[C@@H]1[C@@]2(C)[C@H](C)c3cccc(O)c3C(=O)[C@@H]2C(O)[C@@]2(O)C(=O)[C@H](C(N)=O)C(O)[C@H](C(C)C)[C@@]12C. The Hall–Kier alpha value is -2.88. The number of hydrogen-bond donors (Lipinski definition) is 5. The molecule has 2 fully saturated rings. The van der Waals surface area contributed by atoms with Crippen LogP contribution in [0.2, 0.25) is 0 Å². The van der Waals surface area contributed by atoms with E-state index in [-0.39, 0.29) is 17.7 Å². The van der Waals surface area contributed by atoms with Crippen LogP contribution in [0.3, 0.4) is 0 Å². The predicted octanol–water partition coefficient (Wildman–Crippen LogP) is 1.51. The van der Waals surface area contributed by atoms with Gasteiger partial charge >= 0.3 is 0 Å². The molecule has 4 rings (SSSR count). The number of carbonyl (C=O) groups is 4. The molecule has 0 aromatic heterocycles. The molecule has 9 heteroatoms. The molecule has 0 saturated heterocycles. The molecule has 3 aliphatic rings. The fourth-order valence-corrected chi connectivity index (χ4v) is 8.66. The van der Waals surface area contributed by atoms with Gasteiger partial charge in [-0.15, -0.1) is 0 Å². The summed E-state index contributed by atoms with van der Waals surface area (Å²) in [6, 6.07) is 4.65. The van der Waals surface area contributed by atoms with Crippen LogP contribution in [0.25, 0.3) is 0 Å². The first-order valence-corrected chi connectivity index (χ1v) is 13.0. The maximum atomic E-state index is 14.1. The van der Waals surface area contributed by atoms with E-state index in [1.165, 1.54) is 6.07 Å². The van der Waals surface area contributed by atoms with Crippen molar-refractivity contribution in [2.24, 2.45) is 46.2 Å². The third-order valence-electron chi connectivity index (χ3n) is 10.4. The third-order valence-corrected chi connectivity index (χ3v) is 10.4. The topological polar surface area (TPSA) is 175 Å². The predicted molar refractivity (Wildman–Crippen MR) is 137 cm³/mol. The zero-order chi connectivity index (χ0) is 28.7. The third kappa shape index (κ3) is 3.15. The molecular formula is C29H37NO8. The van der Waals surface area contributed by atoms with Crippen LogP contribution in [-0.2, 0) is 14.4 Å². The number of aliphatic hydroxyl groups is 3. The quantitative estimate of drug-likeness (QED) is 0.283. The second-order valence-electron chi connectivity index (χ2n) is 12.1. The Morgan fingerprint density at radius 3 is 2.32 bits per heavy atom. The van der Waals surface area contributed by atoms with Crippen LogP contribution < -0.4 is 5.73 Å². The Labute approximate surface area is 221 Å². The maximum absolute atomic E-state index is 14.1. The van der Waals surface area contributed by atoms with Crippen LogP contribution >= 0.6 is 0 Å². The highest BCUT2D eigenvalue weighted by molar-refractivity contribution is 6.09. The molecule has 0 bridgehead atoms. The number of allylic oxidation sites excluding steroid dienone is 1. The molecule has 1 amide bonds. The molecule has 0 spiro atoms. The number of phenols is 1. The zero-order valence-corrected chi connectivity index (χ0v) is 22.3. The average molecular weight is 528 g/mol. The number of hydrogen-bond acceptors (Lipinski definition) is 8. The Kier molecular flexibility index (Phi) is 6.53. The number of carbonyl (C=O) groups excluding carboxylic acids is 4. The Morgan fingerprint density at radius 1 is 1.18 bits per heavy atom. The zero-order valence-electron chi connectivity index (χ0n) is 22.3. The van der Waals surface area contributed by atoms with E-state index >= 15 is 0 Å². The summed E-state index contributed by atoms with van der Waals surface area (Å²) in [6.07, 6.45) is -2.72. The van der Waals surface area contributed by atoms with Gasteiger partial charge in [0.2, 0.25) is 5.91 Å². The number of Topliss-reactive ketones (excluding diaryl/α,β-unsaturated/α-hetero) is 2. The molecule has 6 N–H and O–H groups in total. The molecule has 206 valence electrons. The first-order chi connectivity index (χ1) is 17.5. The summed E-state index contributed by atoms with van der Waals surface area (Å²) >= 11 is 0. The van der Waals surface area contributed by atoms with Gasteiger partial charge in [0.1, 0.15) is 17.8 Å². The van der Waals surface area contributed by atoms with Crippen molar-refractivity contribution in [1.82, 2.24) is 0 Å². The van der Waals surface area contributed by atoms with E-state index in [4.69, 9.17) is 5.73 Å². The van der Waals surface area contributed by atoms with Crippen molar-refractivity contribution in [3.05, 3.63) is 42.0 Å². The van der Waals surface area contributed by atoms with Gasteiger partial charge in [0.25, 0.3) is 0 Å². The molecule has 9 nitrogen and oxygen atoms in total. The maximum Gasteiger partial charge on any atom is 0.230 e. The van der Waals surface area contributed by atoms with E-state index in [9.17, 15) is 39.6 Å². The second-order valence-corrected chi connectivity index (χ2v) is 12.1. The van der Waals surface area contributed by atoms with Gasteiger partial charge in [-0.1, -0.05) is 53.3 Å². The summed E-state index contributed by atoms with van der Waals surface area (Å²) in [4.78, 5) is 53.4. The summed E-state index contributed by atoms with van der Waals surface area (Å²) in [5.74, 6) is -9.82. The second kappa shape index (κ2) is 8.83. The lowest BCUT2D eigenvalue weighted by atomic mass is 9.33. The van der Waals surface area contributed by atoms with Crippen molar-refractivity contribution in [3.63, 3.8) is 0 Å². The van der Waals surface area contributed by atoms with Crippen LogP contribution in [0.4, 0.5) is 0 Å². The molecule has 0 aliphatic heterocycles. The van der Waals surface area contributed by atoms with Crippen LogP contribution in [-0.4, -0.2) is 61.5 Å². The fourth-order valence-electron chi connectivity index (χ4n) is 8.66. The molecule has 2 saturated carbocycles. The van der Waals surface area contributed by atoms with Crippen LogP contribution in [0.15, 0.2) is 30.9 Å². The lowest BCUT2D eigenvalue weighted by molar-refractivity contribution is -0.292. The number of nitrogens with two attached hydrogens (primary N) is 1. The van der Waals surface area contributed by atoms with Gasteiger partial charge < -0.3 is 26.2 Å². The van der Waals surface area contributed by atoms with Crippen molar-refractivity contribution in [2.75, 3.05) is 0 Å². The molecule has 0 radical (unpaired) electrons. The number of primary amides is 1. The molecular weight excluding hydrogens is 490 g/mol. The minimum Gasteiger partial charge on any atom is -0.507 e. The minimum absolute atomic E-state index is 0.0160. The number of phenolic OH excluding ortho intramolecular Hbond substituents is 1. The van der Waals surface area contributed by atoms with Crippen LogP contribution in [0.1, 0.15) is 62.9 Å². The number of aliphatic hydroxyl groups excluding tert-OH is 2. The Bertz CT molecular complexity index is 1240. The number of aromatic hydroxyl groups is 1. The van der Waals surface area contributed by atoms with Crippen molar-refractivity contribution in [3.8, 4) is 5.75 Å². The van der Waals surface area contributed by atoms with Crippen molar-refractivity contribution in [1.29, 1.82) is 0 Å². The van der Waals surface area contributed by atoms with Crippen molar-refractivity contribution >= 4 is 23.3 Å². The number of rotatable bonds is 5. The lowest BCUT2D eigenvalue weighted by Crippen LogP contribution is -2.82. The van der Waals surface area contributed by atoms with E-state index in [0.717, 1.165) is 6.08 Å². The molecule has 10 atom stereocenters. The normalized spacial score (nSPS) is 42.2. The summed E-state index contributed by atoms with van der Waals surface area (Å²) in [5, 5.41) is 46.4. The standard InChI is InChI=1S/C29H37NO8/c1-7-14(31)11-17-27(5)13(4)15-9-8-10-16(32)18(15)22(33)21(27)25(36)29(38)24(35)19(26(30)37)23(34)20(12(2)3)28(17,29)6/h7-10,12-13,17,19-21,23,25,32,34,36,38H,1,11H2,2-6H3,(H2,30,37)/t13-,17-,19-,20+,21-,23?,25?,27-,28-,29+/m1/s1. The summed E-state index contributed by atoms with van der Waals surface area (Å²) in [7, 11) is 0. The number of benzene rings is 1. The average Bonchev–Trinajstić information content (AvgIpc) is 2.82. The molecule has 0 heterocycles. The van der Waals surface area contributed by atoms with Gasteiger partial charge in [-0.2, -0.15) is 0 Å². The number of fused-ring (bicyclic) bond motifs is 3. The van der Waals surface area contributed by atoms with Crippen molar-refractivity contribution < 1.29 is 39.6 Å². The van der Waals surface area contributed by atoms with Crippen molar-refractivity contribution in [2.45, 2.75) is 64.8 Å². The van der Waals surface area contributed by atoms with Gasteiger partial charge in [0.05, 0.1) is 17.6 Å². The molecule has 3 aliphatic carbocycles. The fraction of sp³-hybridized carbons (Fsp3) is 0.586. The monoisotopic (exact) mass is 527 g/mol. The van der Waals surface area contributed by atoms with E-state index in [1.807, 2.05) is 6.92 Å². The number of ketones is 3. The van der Waals surface area contributed by atoms with Gasteiger partial charge in [0, 0.05) is 11.8 Å². The molecule has 1 aromatic carbocycles. The van der Waals surface area contributed by atoms with Crippen LogP contribution in [0.5, 0.6) is 5.75 Å². The molecule has 38 heavy (non-hydrogen) atoms. The number of amides is 1. The minimum atomic E-state index is -2.71. The highest BCUT2D eigenvalue weighted by Crippen LogP contribution is 2.71. The Morgan fingerprint density at radius 2 is 1.79 bits per heavy atom. The summed E-state index contributed by atoms with van der Waals surface area (Å²) < 4.78 is 0. The highest BCUT2D eigenvalue weighted by atomic mass is 16.4. The lowest BCUT2D eigenvalue weighted by Gasteiger charge is -2.71. The van der Waals surface area contributed by atoms with Crippen LogP contribution in [0, 0.1) is 40.4 Å². The largest absolute Gasteiger partial charge is 0.507 e. The highest BCUT2D eigenvalue weighted by Gasteiger charge is 2.79. The smallest absolute Gasteiger partial charge is 0.230 e. The van der Waals surface area contributed by atoms with E-state index in [0.29, 0.717) is 5.56 Å². The first-order valence-electron chi connectivity index (χ1n) is 13.0.